The van der Waals surface area contributed by atoms with Crippen molar-refractivity contribution < 1.29 is 4.80 Å². The molecule has 0 aromatic rings. The fourth-order valence-corrected chi connectivity index (χ4v) is 0.724. The third-order valence-electron chi connectivity index (χ3n) is 0.531. The van der Waals surface area contributed by atoms with E-state index in [2.05, 4.69) is 0 Å². The minimum Gasteiger partial charge on any atom is -0.438 e. The van der Waals surface area contributed by atoms with Gasteiger partial charge in [0.15, 0.2) is 9.76 Å². The maximum Gasteiger partial charge on any atom is 0.160 e. The van der Waals surface area contributed by atoms with E-state index in [4.69, 9.17) is 4.80 Å². The van der Waals surface area contributed by atoms with Gasteiger partial charge in [-0.15, -0.1) is 0 Å². The van der Waals surface area contributed by atoms with Crippen LogP contribution in [0.1, 0.15) is 6.92 Å². The molecule has 0 spiro atoms. The third-order valence-corrected chi connectivity index (χ3v) is 1.12. The van der Waals surface area contributed by atoms with Crippen molar-refractivity contribution in [1.29, 1.82) is 0 Å². The molecule has 0 aromatic heterocycles. The molecule has 0 saturated heterocycles. The van der Waals surface area contributed by atoms with Crippen molar-refractivity contribution >= 4 is 9.76 Å². The fraction of sp³-hybridized carbons (Fsp3) is 0.500. The molecule has 0 atom stereocenters. The topological polar surface area (TPSA) is 20.2 Å². The van der Waals surface area contributed by atoms with Crippen LogP contribution in [0.25, 0.3) is 0 Å². The Labute approximate surface area is 40.6 Å². The molecule has 0 aliphatic carbocycles. The minimum absolute atomic E-state index is 0.684. The molecular weight excluding hydrogens is 92.1 g/mol. The molecule has 0 radical (unpaired) electrons. The molecule has 6 heavy (non-hydrogen) atoms. The quantitative estimate of drug-likeness (QED) is 0.386. The molecule has 0 amide bonds. The summed E-state index contributed by atoms with van der Waals surface area (Å²) in [5.41, 5.74) is 0. The van der Waals surface area contributed by atoms with Crippen molar-refractivity contribution in [1.82, 2.24) is 0 Å². The SMILES string of the molecule is CC=CC[SiH2]O. The molecular formula is C4H10OSi. The van der Waals surface area contributed by atoms with Gasteiger partial charge >= 0.3 is 0 Å². The molecule has 36 valence electrons. The Morgan fingerprint density at radius 3 is 2.67 bits per heavy atom. The Kier molecular flexibility index (Phi) is 4.85. The molecule has 1 N–H and O–H groups in total. The van der Waals surface area contributed by atoms with Crippen LogP contribution in [0.5, 0.6) is 0 Å². The van der Waals surface area contributed by atoms with Crippen molar-refractivity contribution in [2.45, 2.75) is 13.0 Å². The van der Waals surface area contributed by atoms with E-state index < -0.39 is 9.76 Å². The van der Waals surface area contributed by atoms with E-state index in [1.54, 1.807) is 0 Å². The van der Waals surface area contributed by atoms with Gasteiger partial charge in [-0.1, -0.05) is 12.2 Å². The third kappa shape index (κ3) is 3.92. The zero-order valence-electron chi connectivity index (χ0n) is 4.02. The van der Waals surface area contributed by atoms with E-state index in [1.165, 1.54) is 0 Å². The summed E-state index contributed by atoms with van der Waals surface area (Å²) < 4.78 is 0. The standard InChI is InChI=1S/C4H10OSi/c1-2-3-4-6-5/h2-3,5H,4,6H2,1H3. The second kappa shape index (κ2) is 4.92. The van der Waals surface area contributed by atoms with E-state index >= 15 is 0 Å². The van der Waals surface area contributed by atoms with E-state index in [9.17, 15) is 0 Å². The second-order valence-electron chi connectivity index (χ2n) is 1.08. The van der Waals surface area contributed by atoms with Crippen molar-refractivity contribution in [3.05, 3.63) is 12.2 Å². The number of rotatable bonds is 2. The maximum atomic E-state index is 8.28. The zero-order valence-corrected chi connectivity index (χ0v) is 5.43. The normalized spacial score (nSPS) is 12.3. The average Bonchev–Trinajstić information content (AvgIpc) is 1.61. The molecule has 0 fully saturated rings. The van der Waals surface area contributed by atoms with Gasteiger partial charge in [0, 0.05) is 0 Å². The first-order chi connectivity index (χ1) is 2.91. The van der Waals surface area contributed by atoms with Crippen LogP contribution in [-0.4, -0.2) is 14.6 Å². The van der Waals surface area contributed by atoms with E-state index in [0.29, 0.717) is 0 Å². The first kappa shape index (κ1) is 5.92. The van der Waals surface area contributed by atoms with Crippen LogP contribution >= 0.6 is 0 Å². The van der Waals surface area contributed by atoms with Gasteiger partial charge in [-0.2, -0.15) is 0 Å². The molecule has 0 unspecified atom stereocenters. The van der Waals surface area contributed by atoms with Gasteiger partial charge in [-0.25, -0.2) is 0 Å². The highest BCUT2D eigenvalue weighted by Gasteiger charge is 1.68. The summed E-state index contributed by atoms with van der Waals surface area (Å²) in [4.78, 5) is 8.28. The predicted molar refractivity (Wildman–Crippen MR) is 30.4 cm³/mol. The first-order valence-electron chi connectivity index (χ1n) is 2.14. The van der Waals surface area contributed by atoms with Gasteiger partial charge in [0.25, 0.3) is 0 Å². The largest absolute Gasteiger partial charge is 0.438 e. The first-order valence-corrected chi connectivity index (χ1v) is 3.77. The summed E-state index contributed by atoms with van der Waals surface area (Å²) in [6, 6.07) is 0.927. The molecule has 0 bridgehead atoms. The molecule has 0 heterocycles. The van der Waals surface area contributed by atoms with Crippen LogP contribution in [0.2, 0.25) is 6.04 Å². The molecule has 0 aromatic carbocycles. The molecule has 1 nitrogen and oxygen atoms in total. The highest BCUT2D eigenvalue weighted by molar-refractivity contribution is 6.25. The van der Waals surface area contributed by atoms with Crippen molar-refractivity contribution in [3.63, 3.8) is 0 Å². The maximum absolute atomic E-state index is 8.28. The smallest absolute Gasteiger partial charge is 0.160 e. The average molecular weight is 102 g/mol. The summed E-state index contributed by atoms with van der Waals surface area (Å²) >= 11 is 0. The lowest BCUT2D eigenvalue weighted by Crippen LogP contribution is -1.78. The van der Waals surface area contributed by atoms with Crippen LogP contribution < -0.4 is 0 Å². The Morgan fingerprint density at radius 2 is 2.50 bits per heavy atom. The van der Waals surface area contributed by atoms with Gasteiger partial charge in [0.05, 0.1) is 0 Å². The Bertz CT molecular complexity index is 42.8. The Morgan fingerprint density at radius 1 is 1.83 bits per heavy atom. The second-order valence-corrected chi connectivity index (χ2v) is 2.11. The van der Waals surface area contributed by atoms with Gasteiger partial charge in [-0.05, 0) is 13.0 Å². The highest BCUT2D eigenvalue weighted by Crippen LogP contribution is 1.75. The van der Waals surface area contributed by atoms with Crippen LogP contribution in [0.15, 0.2) is 12.2 Å². The number of hydrogen-bond acceptors (Lipinski definition) is 1. The van der Waals surface area contributed by atoms with Crippen molar-refractivity contribution in [2.75, 3.05) is 0 Å². The summed E-state index contributed by atoms with van der Waals surface area (Å²) in [7, 11) is -0.684. The lowest BCUT2D eigenvalue weighted by Gasteiger charge is -1.74. The summed E-state index contributed by atoms with van der Waals surface area (Å²) in [6.07, 6.45) is 3.95. The lowest BCUT2D eigenvalue weighted by atomic mass is 10.6. The van der Waals surface area contributed by atoms with Crippen molar-refractivity contribution in [3.8, 4) is 0 Å². The zero-order chi connectivity index (χ0) is 4.83. The van der Waals surface area contributed by atoms with Crippen LogP contribution in [-0.2, 0) is 0 Å². The van der Waals surface area contributed by atoms with Gasteiger partial charge in [0.2, 0.25) is 0 Å². The van der Waals surface area contributed by atoms with Crippen LogP contribution in [0, 0.1) is 0 Å². The Balaban J connectivity index is 2.66. The number of allylic oxidation sites excluding steroid dienone is 2. The molecule has 0 aliphatic heterocycles. The lowest BCUT2D eigenvalue weighted by molar-refractivity contribution is 0.605. The summed E-state index contributed by atoms with van der Waals surface area (Å²) in [6.45, 7) is 1.96. The predicted octanol–water partition coefficient (Wildman–Crippen LogP) is 0.0569. The van der Waals surface area contributed by atoms with E-state index in [0.717, 1.165) is 6.04 Å². The fourth-order valence-electron chi connectivity index (χ4n) is 0.241. The molecule has 0 saturated carbocycles. The highest BCUT2D eigenvalue weighted by atomic mass is 28.2. The van der Waals surface area contributed by atoms with Gasteiger partial charge in [-0.3, -0.25) is 0 Å². The summed E-state index contributed by atoms with van der Waals surface area (Å²) in [5, 5.41) is 0. The van der Waals surface area contributed by atoms with Crippen LogP contribution in [0.3, 0.4) is 0 Å². The van der Waals surface area contributed by atoms with Crippen molar-refractivity contribution in [2.24, 2.45) is 0 Å². The molecule has 0 rings (SSSR count). The number of hydrogen-bond donors (Lipinski definition) is 1. The molecule has 0 aliphatic rings. The minimum atomic E-state index is -0.684. The Hall–Kier alpha value is -0.0831. The van der Waals surface area contributed by atoms with E-state index in [1.807, 2.05) is 19.1 Å². The van der Waals surface area contributed by atoms with Gasteiger partial charge < -0.3 is 4.80 Å². The summed E-state index contributed by atoms with van der Waals surface area (Å²) in [5.74, 6) is 0. The monoisotopic (exact) mass is 102 g/mol. The van der Waals surface area contributed by atoms with Crippen LogP contribution in [0.4, 0.5) is 0 Å². The van der Waals surface area contributed by atoms with Gasteiger partial charge in [0.1, 0.15) is 0 Å². The molecule has 2 heteroatoms. The van der Waals surface area contributed by atoms with E-state index in [-0.39, 0.29) is 0 Å².